The average molecular weight is 377 g/mol. The Kier molecular flexibility index (Phi) is 5.93. The Morgan fingerprint density at radius 2 is 1.68 bits per heavy atom. The number of benzene rings is 2. The molecule has 146 valence electrons. The molecule has 1 atom stereocenters. The van der Waals surface area contributed by atoms with Gasteiger partial charge in [-0.25, -0.2) is 4.68 Å². The van der Waals surface area contributed by atoms with E-state index in [1.165, 1.54) is 10.2 Å². The maximum atomic E-state index is 13.0. The van der Waals surface area contributed by atoms with Crippen molar-refractivity contribution < 1.29 is 4.79 Å². The molecule has 5 nitrogen and oxygen atoms in total. The fourth-order valence-electron chi connectivity index (χ4n) is 3.19. The Morgan fingerprint density at radius 1 is 1.04 bits per heavy atom. The fourth-order valence-corrected chi connectivity index (χ4v) is 3.19. The minimum absolute atomic E-state index is 0.168. The summed E-state index contributed by atoms with van der Waals surface area (Å²) in [5, 5.41) is 8.39. The summed E-state index contributed by atoms with van der Waals surface area (Å²) in [4.78, 5) is 25.7. The van der Waals surface area contributed by atoms with Crippen molar-refractivity contribution in [2.24, 2.45) is 5.92 Å². The van der Waals surface area contributed by atoms with Crippen LogP contribution in [0.15, 0.2) is 53.3 Å². The van der Waals surface area contributed by atoms with Gasteiger partial charge >= 0.3 is 0 Å². The summed E-state index contributed by atoms with van der Waals surface area (Å²) in [6.45, 7) is 8.84. The number of hydrogen-bond donors (Lipinski definition) is 1. The molecule has 1 amide bonds. The van der Waals surface area contributed by atoms with Gasteiger partial charge in [0.2, 0.25) is 0 Å². The lowest BCUT2D eigenvalue weighted by molar-refractivity contribution is 0.102. The summed E-state index contributed by atoms with van der Waals surface area (Å²) >= 11 is 0. The van der Waals surface area contributed by atoms with Crippen molar-refractivity contribution in [2.75, 3.05) is 5.32 Å². The normalized spacial score (nSPS) is 12.3. The maximum absolute atomic E-state index is 13.0. The number of anilines is 1. The van der Waals surface area contributed by atoms with Crippen LogP contribution in [0.5, 0.6) is 0 Å². The van der Waals surface area contributed by atoms with E-state index in [0.29, 0.717) is 28.9 Å². The van der Waals surface area contributed by atoms with Crippen molar-refractivity contribution in [3.63, 3.8) is 0 Å². The predicted molar refractivity (Wildman–Crippen MR) is 114 cm³/mol. The van der Waals surface area contributed by atoms with E-state index in [2.05, 4.69) is 24.3 Å². The number of hydrogen-bond acceptors (Lipinski definition) is 3. The van der Waals surface area contributed by atoms with Gasteiger partial charge in [0.1, 0.15) is 0 Å². The average Bonchev–Trinajstić information content (AvgIpc) is 2.69. The number of carbonyl (C=O) groups is 1. The molecule has 0 fully saturated rings. The third-order valence-electron chi connectivity index (χ3n) is 4.97. The van der Waals surface area contributed by atoms with Gasteiger partial charge < -0.3 is 5.32 Å². The monoisotopic (exact) mass is 377 g/mol. The molecule has 0 bridgehead atoms. The lowest BCUT2D eigenvalue weighted by Crippen LogP contribution is -2.29. The van der Waals surface area contributed by atoms with Crippen LogP contribution < -0.4 is 10.9 Å². The predicted octanol–water partition coefficient (Wildman–Crippen LogP) is 4.82. The van der Waals surface area contributed by atoms with Gasteiger partial charge in [0.05, 0.1) is 5.39 Å². The van der Waals surface area contributed by atoms with Crippen LogP contribution in [-0.4, -0.2) is 15.7 Å². The minimum atomic E-state index is -0.315. The van der Waals surface area contributed by atoms with E-state index in [4.69, 9.17) is 0 Å². The van der Waals surface area contributed by atoms with Crippen LogP contribution in [0.3, 0.4) is 0 Å². The van der Waals surface area contributed by atoms with Crippen LogP contribution >= 0.6 is 0 Å². The molecule has 0 aliphatic carbocycles. The number of nitrogens with zero attached hydrogens (tertiary/aromatic N) is 2. The quantitative estimate of drug-likeness (QED) is 0.670. The molecule has 28 heavy (non-hydrogen) atoms. The highest BCUT2D eigenvalue weighted by molar-refractivity contribution is 6.11. The highest BCUT2D eigenvalue weighted by Crippen LogP contribution is 2.21. The van der Waals surface area contributed by atoms with Crippen molar-refractivity contribution in [1.29, 1.82) is 0 Å². The standard InChI is InChI=1S/C23H27N3O2/c1-5-16(4)17-10-12-18(13-11-17)24-22(27)21-19-8-6-7-9-20(19)23(28)26(25-21)14-15(2)3/h6-13,15-16H,5,14H2,1-4H3,(H,24,27)/t16-/m1/s1. The Bertz CT molecular complexity index is 1040. The van der Waals surface area contributed by atoms with Gasteiger partial charge in [0.15, 0.2) is 5.69 Å². The van der Waals surface area contributed by atoms with Crippen LogP contribution in [0.4, 0.5) is 5.69 Å². The minimum Gasteiger partial charge on any atom is -0.321 e. The number of carbonyl (C=O) groups excluding carboxylic acids is 1. The number of aromatic nitrogens is 2. The van der Waals surface area contributed by atoms with E-state index in [-0.39, 0.29) is 23.1 Å². The molecule has 1 aromatic heterocycles. The largest absolute Gasteiger partial charge is 0.321 e. The van der Waals surface area contributed by atoms with Crippen molar-refractivity contribution in [2.45, 2.75) is 46.6 Å². The van der Waals surface area contributed by atoms with Gasteiger partial charge in [-0.05, 0) is 42.0 Å². The second-order valence-corrected chi connectivity index (χ2v) is 7.66. The summed E-state index contributed by atoms with van der Waals surface area (Å²) in [7, 11) is 0. The van der Waals surface area contributed by atoms with Crippen molar-refractivity contribution >= 4 is 22.4 Å². The number of rotatable bonds is 6. The summed E-state index contributed by atoms with van der Waals surface area (Å²) < 4.78 is 1.40. The van der Waals surface area contributed by atoms with Crippen LogP contribution in [-0.2, 0) is 6.54 Å². The second-order valence-electron chi connectivity index (χ2n) is 7.66. The molecule has 0 saturated carbocycles. The molecule has 5 heteroatoms. The maximum Gasteiger partial charge on any atom is 0.276 e. The van der Waals surface area contributed by atoms with E-state index in [9.17, 15) is 9.59 Å². The molecule has 0 aliphatic rings. The number of amides is 1. The van der Waals surface area contributed by atoms with E-state index in [1.54, 1.807) is 18.2 Å². The van der Waals surface area contributed by atoms with Crippen molar-refractivity contribution in [3.05, 3.63) is 70.1 Å². The Balaban J connectivity index is 1.97. The Hall–Kier alpha value is -2.95. The lowest BCUT2D eigenvalue weighted by Gasteiger charge is -2.13. The topological polar surface area (TPSA) is 64.0 Å². The SMILES string of the molecule is CC[C@@H](C)c1ccc(NC(=O)c2nn(CC(C)C)c(=O)c3ccccc23)cc1. The zero-order chi connectivity index (χ0) is 20.3. The molecular formula is C23H27N3O2. The number of nitrogens with one attached hydrogen (secondary N) is 1. The molecule has 3 rings (SSSR count). The Morgan fingerprint density at radius 3 is 2.29 bits per heavy atom. The highest BCUT2D eigenvalue weighted by atomic mass is 16.2. The second kappa shape index (κ2) is 8.38. The molecule has 0 aliphatic heterocycles. The molecular weight excluding hydrogens is 350 g/mol. The first-order valence-electron chi connectivity index (χ1n) is 9.81. The van der Waals surface area contributed by atoms with E-state index in [0.717, 1.165) is 6.42 Å². The van der Waals surface area contributed by atoms with Crippen molar-refractivity contribution in [3.8, 4) is 0 Å². The summed E-state index contributed by atoms with van der Waals surface area (Å²) in [5.74, 6) is 0.412. The lowest BCUT2D eigenvalue weighted by atomic mass is 9.98. The Labute approximate surface area is 165 Å². The van der Waals surface area contributed by atoms with Gasteiger partial charge in [0, 0.05) is 17.6 Å². The van der Waals surface area contributed by atoms with Gasteiger partial charge in [0.25, 0.3) is 11.5 Å². The third-order valence-corrected chi connectivity index (χ3v) is 4.97. The van der Waals surface area contributed by atoms with Crippen LogP contribution in [0.1, 0.15) is 56.1 Å². The van der Waals surface area contributed by atoms with Crippen LogP contribution in [0, 0.1) is 5.92 Å². The number of fused-ring (bicyclic) bond motifs is 1. The fraction of sp³-hybridized carbons (Fsp3) is 0.348. The first kappa shape index (κ1) is 19.8. The smallest absolute Gasteiger partial charge is 0.276 e. The molecule has 1 heterocycles. The van der Waals surface area contributed by atoms with Gasteiger partial charge in [-0.15, -0.1) is 0 Å². The van der Waals surface area contributed by atoms with Crippen LogP contribution in [0.25, 0.3) is 10.8 Å². The zero-order valence-corrected chi connectivity index (χ0v) is 16.9. The van der Waals surface area contributed by atoms with E-state index >= 15 is 0 Å². The molecule has 0 unspecified atom stereocenters. The molecule has 0 saturated heterocycles. The van der Waals surface area contributed by atoms with Crippen molar-refractivity contribution in [1.82, 2.24) is 9.78 Å². The van der Waals surface area contributed by atoms with E-state index in [1.807, 2.05) is 44.2 Å². The third kappa shape index (κ3) is 4.14. The summed E-state index contributed by atoms with van der Waals surface area (Å²) in [6, 6.07) is 15.0. The van der Waals surface area contributed by atoms with Gasteiger partial charge in [-0.3, -0.25) is 9.59 Å². The first-order valence-corrected chi connectivity index (χ1v) is 9.81. The van der Waals surface area contributed by atoms with Crippen LogP contribution in [0.2, 0.25) is 0 Å². The van der Waals surface area contributed by atoms with Gasteiger partial charge in [-0.1, -0.05) is 58.0 Å². The zero-order valence-electron chi connectivity index (χ0n) is 16.9. The first-order chi connectivity index (χ1) is 13.4. The molecule has 2 aromatic carbocycles. The molecule has 0 spiro atoms. The summed E-state index contributed by atoms with van der Waals surface area (Å²) in [5.41, 5.74) is 2.06. The highest BCUT2D eigenvalue weighted by Gasteiger charge is 2.17. The van der Waals surface area contributed by atoms with Gasteiger partial charge in [-0.2, -0.15) is 5.10 Å². The van der Waals surface area contributed by atoms with E-state index < -0.39 is 0 Å². The summed E-state index contributed by atoms with van der Waals surface area (Å²) in [6.07, 6.45) is 1.07. The molecule has 1 N–H and O–H groups in total. The molecule has 0 radical (unpaired) electrons. The molecule has 3 aromatic rings.